The van der Waals surface area contributed by atoms with Gasteiger partial charge in [0.1, 0.15) is 22.6 Å². The molecule has 4 heterocycles. The van der Waals surface area contributed by atoms with E-state index < -0.39 is 12.2 Å². The van der Waals surface area contributed by atoms with E-state index >= 15 is 0 Å². The highest BCUT2D eigenvalue weighted by Gasteiger charge is 2.46. The van der Waals surface area contributed by atoms with Crippen molar-refractivity contribution in [2.24, 2.45) is 11.8 Å². The number of piperidine rings is 1. The molecule has 1 unspecified atom stereocenters. The van der Waals surface area contributed by atoms with Crippen molar-refractivity contribution in [3.8, 4) is 10.6 Å². The van der Waals surface area contributed by atoms with E-state index in [9.17, 15) is 10.2 Å². The number of fused-ring (bicyclic) bond motifs is 1. The summed E-state index contributed by atoms with van der Waals surface area (Å²) in [6, 6.07) is 9.90. The van der Waals surface area contributed by atoms with Gasteiger partial charge in [0.05, 0.1) is 23.2 Å². The number of nitrogen functional groups attached to an aromatic ring is 1. The van der Waals surface area contributed by atoms with Crippen LogP contribution in [0.5, 0.6) is 0 Å². The first-order valence-electron chi connectivity index (χ1n) is 13.3. The first-order valence-corrected chi connectivity index (χ1v) is 14.6. The molecule has 3 aromatic heterocycles. The molecule has 0 spiro atoms. The fourth-order valence-electron chi connectivity index (χ4n) is 6.37. The number of halogens is 1. The van der Waals surface area contributed by atoms with Gasteiger partial charge in [-0.2, -0.15) is 4.98 Å². The Balaban J connectivity index is 1.34. The molecule has 0 amide bonds. The summed E-state index contributed by atoms with van der Waals surface area (Å²) in [6.45, 7) is 5.31. The lowest BCUT2D eigenvalue weighted by Crippen LogP contribution is -2.39. The second-order valence-electron chi connectivity index (χ2n) is 10.6. The van der Waals surface area contributed by atoms with Gasteiger partial charge in [-0.25, -0.2) is 9.97 Å². The number of hydrogen-bond donors (Lipinski definition) is 3. The Labute approximate surface area is 231 Å². The zero-order chi connectivity index (χ0) is 26.4. The Kier molecular flexibility index (Phi) is 7.13. The minimum Gasteiger partial charge on any atom is -0.390 e. The van der Waals surface area contributed by atoms with Crippen molar-refractivity contribution in [1.29, 1.82) is 0 Å². The average Bonchev–Trinajstić information content (AvgIpc) is 3.61. The molecule has 1 aliphatic heterocycles. The van der Waals surface area contributed by atoms with Crippen molar-refractivity contribution >= 4 is 39.8 Å². The number of benzene rings is 1. The third-order valence-electron chi connectivity index (χ3n) is 8.42. The van der Waals surface area contributed by atoms with Crippen LogP contribution in [0.4, 0.5) is 5.82 Å². The van der Waals surface area contributed by atoms with Crippen LogP contribution >= 0.6 is 22.9 Å². The number of nitrogens with zero attached hydrogens (tertiary/aromatic N) is 5. The maximum atomic E-state index is 11.3. The molecule has 10 heteroatoms. The zero-order valence-electron chi connectivity index (χ0n) is 21.4. The van der Waals surface area contributed by atoms with Crippen LogP contribution in [-0.2, 0) is 6.42 Å². The van der Waals surface area contributed by atoms with Crippen LogP contribution in [0.25, 0.3) is 21.6 Å². The van der Waals surface area contributed by atoms with E-state index in [1.807, 2.05) is 29.0 Å². The average molecular weight is 553 g/mol. The summed E-state index contributed by atoms with van der Waals surface area (Å²) in [6.07, 6.45) is 3.74. The molecule has 1 saturated heterocycles. The molecule has 1 aromatic carbocycles. The summed E-state index contributed by atoms with van der Waals surface area (Å²) in [7, 11) is 0. The summed E-state index contributed by atoms with van der Waals surface area (Å²) in [5.41, 5.74) is 9.93. The molecular weight excluding hydrogens is 520 g/mol. The SMILES string of the molecule is CCN1CCC(C2C[C@@H](n3cc(-c4nc(Cc5ccccc5)cs4)c4c(N)nc(Cl)nc43)[C@H](O)[C@@H]2O)CC1. The molecule has 2 fully saturated rings. The predicted octanol–water partition coefficient (Wildman–Crippen LogP) is 4.40. The summed E-state index contributed by atoms with van der Waals surface area (Å²) in [4.78, 5) is 16.1. The van der Waals surface area contributed by atoms with Crippen LogP contribution in [0.1, 0.15) is 43.5 Å². The monoisotopic (exact) mass is 552 g/mol. The number of rotatable bonds is 6. The molecule has 6 rings (SSSR count). The molecule has 1 aliphatic carbocycles. The van der Waals surface area contributed by atoms with Crippen LogP contribution in [0.15, 0.2) is 41.9 Å². The van der Waals surface area contributed by atoms with E-state index in [1.54, 1.807) is 11.3 Å². The maximum Gasteiger partial charge on any atom is 0.226 e. The molecule has 1 saturated carbocycles. The number of hydrogen-bond acceptors (Lipinski definition) is 8. The fraction of sp³-hybridized carbons (Fsp3) is 0.464. The smallest absolute Gasteiger partial charge is 0.226 e. The standard InChI is InChI=1S/C28H33ClN6O2S/c1-2-34-10-8-17(9-11-34)19-13-21(24(37)23(19)36)35-14-20(22-25(30)32-28(29)33-26(22)35)27-31-18(15-38-27)12-16-6-4-3-5-7-16/h3-7,14-15,17,19,21,23-24,36-37H,2,8-13H2,1H3,(H2,30,32,33)/t19?,21-,23-,24+/m1/s1. The molecule has 200 valence electrons. The van der Waals surface area contributed by atoms with Crippen molar-refractivity contribution in [3.63, 3.8) is 0 Å². The van der Waals surface area contributed by atoms with Crippen molar-refractivity contribution in [1.82, 2.24) is 24.4 Å². The minimum atomic E-state index is -0.910. The van der Waals surface area contributed by atoms with Gasteiger partial charge in [-0.3, -0.25) is 0 Å². The van der Waals surface area contributed by atoms with Crippen LogP contribution in [0, 0.1) is 11.8 Å². The van der Waals surface area contributed by atoms with Gasteiger partial charge in [0.15, 0.2) is 0 Å². The fourth-order valence-corrected chi connectivity index (χ4v) is 7.37. The second-order valence-corrected chi connectivity index (χ2v) is 11.7. The Morgan fingerprint density at radius 3 is 2.58 bits per heavy atom. The van der Waals surface area contributed by atoms with Crippen LogP contribution in [-0.4, -0.2) is 66.5 Å². The molecule has 8 nitrogen and oxygen atoms in total. The van der Waals surface area contributed by atoms with Crippen molar-refractivity contribution < 1.29 is 10.2 Å². The zero-order valence-corrected chi connectivity index (χ0v) is 22.9. The number of aliphatic hydroxyl groups is 2. The van der Waals surface area contributed by atoms with E-state index in [0.29, 0.717) is 23.4 Å². The second kappa shape index (κ2) is 10.5. The van der Waals surface area contributed by atoms with E-state index in [4.69, 9.17) is 22.3 Å². The van der Waals surface area contributed by atoms with Gasteiger partial charge in [0, 0.05) is 23.6 Å². The van der Waals surface area contributed by atoms with Crippen LogP contribution in [0.2, 0.25) is 5.28 Å². The lowest BCUT2D eigenvalue weighted by Gasteiger charge is -2.35. The molecule has 2 aliphatic rings. The Hall–Kier alpha value is -2.56. The lowest BCUT2D eigenvalue weighted by atomic mass is 9.82. The van der Waals surface area contributed by atoms with Crippen molar-refractivity contribution in [2.45, 2.75) is 50.9 Å². The first-order chi connectivity index (χ1) is 18.4. The number of nitrogens with two attached hydrogens (primary N) is 1. The largest absolute Gasteiger partial charge is 0.390 e. The third kappa shape index (κ3) is 4.71. The van der Waals surface area contributed by atoms with Gasteiger partial charge in [0.25, 0.3) is 0 Å². The number of thiazole rings is 1. The highest BCUT2D eigenvalue weighted by atomic mass is 35.5. The predicted molar refractivity (Wildman–Crippen MR) is 151 cm³/mol. The van der Waals surface area contributed by atoms with Crippen molar-refractivity contribution in [3.05, 3.63) is 58.4 Å². The third-order valence-corrected chi connectivity index (χ3v) is 9.52. The summed E-state index contributed by atoms with van der Waals surface area (Å²) in [5.74, 6) is 0.698. The Bertz CT molecular complexity index is 1420. The van der Waals surface area contributed by atoms with Gasteiger partial charge < -0.3 is 25.4 Å². The first kappa shape index (κ1) is 25.7. The quantitative estimate of drug-likeness (QED) is 0.304. The topological polar surface area (TPSA) is 113 Å². The van der Waals surface area contributed by atoms with E-state index in [1.165, 1.54) is 5.56 Å². The van der Waals surface area contributed by atoms with Gasteiger partial charge in [-0.05, 0) is 67.9 Å². The minimum absolute atomic E-state index is 0.0295. The summed E-state index contributed by atoms with van der Waals surface area (Å²) >= 11 is 7.80. The molecular formula is C28H33ClN6O2S. The molecule has 4 aromatic rings. The van der Waals surface area contributed by atoms with Crippen LogP contribution in [0.3, 0.4) is 0 Å². The number of likely N-dealkylation sites (tertiary alicyclic amines) is 1. The molecule has 0 radical (unpaired) electrons. The van der Waals surface area contributed by atoms with Gasteiger partial charge in [0.2, 0.25) is 5.28 Å². The Morgan fingerprint density at radius 1 is 1.08 bits per heavy atom. The number of aromatic nitrogens is 4. The highest BCUT2D eigenvalue weighted by Crippen LogP contribution is 2.46. The van der Waals surface area contributed by atoms with Gasteiger partial charge in [-0.15, -0.1) is 11.3 Å². The van der Waals surface area contributed by atoms with Crippen molar-refractivity contribution in [2.75, 3.05) is 25.4 Å². The molecule has 4 atom stereocenters. The summed E-state index contributed by atoms with van der Waals surface area (Å²) in [5, 5.41) is 26.0. The summed E-state index contributed by atoms with van der Waals surface area (Å²) < 4.78 is 1.95. The normalized spacial score (nSPS) is 24.9. The maximum absolute atomic E-state index is 11.3. The number of aliphatic hydroxyl groups excluding tert-OH is 2. The van der Waals surface area contributed by atoms with Gasteiger partial charge >= 0.3 is 0 Å². The van der Waals surface area contributed by atoms with E-state index in [0.717, 1.165) is 55.2 Å². The molecule has 38 heavy (non-hydrogen) atoms. The van der Waals surface area contributed by atoms with E-state index in [-0.39, 0.29) is 23.1 Å². The molecule has 0 bridgehead atoms. The highest BCUT2D eigenvalue weighted by molar-refractivity contribution is 7.13. The number of anilines is 1. The van der Waals surface area contributed by atoms with E-state index in [2.05, 4.69) is 39.3 Å². The molecule has 4 N–H and O–H groups in total. The van der Waals surface area contributed by atoms with Crippen LogP contribution < -0.4 is 5.73 Å². The lowest BCUT2D eigenvalue weighted by molar-refractivity contribution is -0.0120. The van der Waals surface area contributed by atoms with Gasteiger partial charge in [-0.1, -0.05) is 37.3 Å². The Morgan fingerprint density at radius 2 is 1.84 bits per heavy atom.